The van der Waals surface area contributed by atoms with E-state index >= 15 is 0 Å². The van der Waals surface area contributed by atoms with E-state index in [1.165, 1.54) is 23.2 Å². The van der Waals surface area contributed by atoms with Crippen LogP contribution in [0.5, 0.6) is 5.75 Å². The monoisotopic (exact) mass is 448 g/mol. The first kappa shape index (κ1) is 22.4. The highest BCUT2D eigenvalue weighted by molar-refractivity contribution is 6.08. The second kappa shape index (κ2) is 9.36. The largest absolute Gasteiger partial charge is 0.491 e. The number of carbonyl (C=O) groups is 2. The van der Waals surface area contributed by atoms with Crippen molar-refractivity contribution in [1.29, 1.82) is 0 Å². The third-order valence-electron chi connectivity index (χ3n) is 5.40. The number of rotatable bonds is 6. The zero-order valence-corrected chi connectivity index (χ0v) is 18.8. The van der Waals surface area contributed by atoms with Crippen LogP contribution in [0.2, 0.25) is 0 Å². The number of ether oxygens (including phenoxy) is 1. The number of nitrogens with one attached hydrogen (secondary N) is 1. The highest BCUT2D eigenvalue weighted by atomic mass is 19.1. The lowest BCUT2D eigenvalue weighted by Gasteiger charge is -2.29. The van der Waals surface area contributed by atoms with Crippen molar-refractivity contribution in [1.82, 2.24) is 15.3 Å². The Kier molecular flexibility index (Phi) is 6.35. The van der Waals surface area contributed by atoms with Crippen LogP contribution in [-0.2, 0) is 12.8 Å². The summed E-state index contributed by atoms with van der Waals surface area (Å²) >= 11 is 0. The lowest BCUT2D eigenvalue weighted by Crippen LogP contribution is -2.39. The Bertz CT molecular complexity index is 1190. The summed E-state index contributed by atoms with van der Waals surface area (Å²) in [7, 11) is 1.55. The second-order valence-electron chi connectivity index (χ2n) is 8.11. The summed E-state index contributed by atoms with van der Waals surface area (Å²) in [6.07, 6.45) is 4.09. The first-order valence-corrected chi connectivity index (χ1v) is 10.8. The van der Waals surface area contributed by atoms with Crippen molar-refractivity contribution in [2.24, 2.45) is 0 Å². The maximum atomic E-state index is 14.3. The van der Waals surface area contributed by atoms with Gasteiger partial charge in [0.1, 0.15) is 11.4 Å². The molecule has 1 N–H and O–H groups in total. The van der Waals surface area contributed by atoms with Gasteiger partial charge in [0.2, 0.25) is 0 Å². The number of pyridine rings is 2. The van der Waals surface area contributed by atoms with E-state index in [0.29, 0.717) is 36.4 Å². The molecule has 0 unspecified atom stereocenters. The quantitative estimate of drug-likeness (QED) is 0.623. The number of benzene rings is 1. The van der Waals surface area contributed by atoms with Crippen molar-refractivity contribution in [2.45, 2.75) is 32.8 Å². The zero-order chi connectivity index (χ0) is 23.5. The molecule has 2 amide bonds. The lowest BCUT2D eigenvalue weighted by molar-refractivity contribution is 0.0955. The van der Waals surface area contributed by atoms with Crippen molar-refractivity contribution in [2.75, 3.05) is 18.5 Å². The molecule has 0 aliphatic carbocycles. The van der Waals surface area contributed by atoms with Crippen LogP contribution in [0.4, 0.5) is 10.2 Å². The van der Waals surface area contributed by atoms with Gasteiger partial charge in [-0.1, -0.05) is 6.07 Å². The van der Waals surface area contributed by atoms with E-state index in [2.05, 4.69) is 15.3 Å². The van der Waals surface area contributed by atoms with Gasteiger partial charge in [0.25, 0.3) is 11.8 Å². The van der Waals surface area contributed by atoms with E-state index in [1.54, 1.807) is 19.3 Å². The van der Waals surface area contributed by atoms with E-state index in [9.17, 15) is 14.0 Å². The molecule has 7 nitrogen and oxygen atoms in total. The van der Waals surface area contributed by atoms with Gasteiger partial charge >= 0.3 is 0 Å². The Morgan fingerprint density at radius 3 is 2.73 bits per heavy atom. The van der Waals surface area contributed by atoms with Gasteiger partial charge in [-0.2, -0.15) is 0 Å². The van der Waals surface area contributed by atoms with Gasteiger partial charge in [-0.3, -0.25) is 19.5 Å². The minimum absolute atomic E-state index is 0.0335. The standard InChI is InChI=1S/C25H25FN4O3/c1-15(2)33-22-13-17-8-10-30(23-20(26)5-4-9-28-23)25(32)19(17)12-18(22)11-16-6-7-21(29-14-16)24(31)27-3/h4-7,9,12-15H,8,10-11H2,1-3H3,(H,27,31). The van der Waals surface area contributed by atoms with Crippen molar-refractivity contribution >= 4 is 17.6 Å². The Morgan fingerprint density at radius 2 is 2.06 bits per heavy atom. The number of anilines is 1. The molecule has 0 saturated carbocycles. The van der Waals surface area contributed by atoms with E-state index < -0.39 is 5.82 Å². The number of amides is 2. The Balaban J connectivity index is 1.69. The molecule has 3 aromatic rings. The first-order chi connectivity index (χ1) is 15.9. The molecule has 4 rings (SSSR count). The zero-order valence-electron chi connectivity index (χ0n) is 18.8. The first-order valence-electron chi connectivity index (χ1n) is 10.8. The molecule has 1 aliphatic rings. The number of hydrogen-bond acceptors (Lipinski definition) is 5. The molecule has 170 valence electrons. The predicted octanol–water partition coefficient (Wildman–Crippen LogP) is 3.56. The van der Waals surface area contributed by atoms with Crippen LogP contribution in [0.25, 0.3) is 0 Å². The van der Waals surface area contributed by atoms with Gasteiger partial charge in [-0.05, 0) is 67.3 Å². The van der Waals surface area contributed by atoms with Crippen molar-refractivity contribution in [3.63, 3.8) is 0 Å². The molecule has 0 spiro atoms. The van der Waals surface area contributed by atoms with Crippen molar-refractivity contribution < 1.29 is 18.7 Å². The van der Waals surface area contributed by atoms with Crippen LogP contribution in [0.1, 0.15) is 51.4 Å². The lowest BCUT2D eigenvalue weighted by atomic mass is 9.93. The number of aromatic nitrogens is 2. The van der Waals surface area contributed by atoms with E-state index in [0.717, 1.165) is 16.7 Å². The number of carbonyl (C=O) groups excluding carboxylic acids is 2. The molecule has 1 aliphatic heterocycles. The van der Waals surface area contributed by atoms with Crippen LogP contribution in [0.3, 0.4) is 0 Å². The second-order valence-corrected chi connectivity index (χ2v) is 8.11. The van der Waals surface area contributed by atoms with Crippen molar-refractivity contribution in [3.05, 3.63) is 82.6 Å². The molecule has 0 saturated heterocycles. The van der Waals surface area contributed by atoms with E-state index in [-0.39, 0.29) is 23.7 Å². The number of fused-ring (bicyclic) bond motifs is 1. The number of halogens is 1. The van der Waals surface area contributed by atoms with Crippen molar-refractivity contribution in [3.8, 4) is 5.75 Å². The number of nitrogens with zero attached hydrogens (tertiary/aromatic N) is 3. The molecule has 0 bridgehead atoms. The third kappa shape index (κ3) is 4.69. The highest BCUT2D eigenvalue weighted by Gasteiger charge is 2.29. The summed E-state index contributed by atoms with van der Waals surface area (Å²) < 4.78 is 20.3. The summed E-state index contributed by atoms with van der Waals surface area (Å²) in [5, 5.41) is 2.55. The SMILES string of the molecule is CNC(=O)c1ccc(Cc2cc3c(cc2OC(C)C)CCN(c2ncccc2F)C3=O)cn1. The minimum atomic E-state index is -0.531. The Morgan fingerprint density at radius 1 is 1.24 bits per heavy atom. The molecular formula is C25H25FN4O3. The van der Waals surface area contributed by atoms with E-state index in [1.807, 2.05) is 32.0 Å². The topological polar surface area (TPSA) is 84.4 Å². The summed E-state index contributed by atoms with van der Waals surface area (Å²) in [6, 6.07) is 10.00. The van der Waals surface area contributed by atoms with Crippen LogP contribution < -0.4 is 15.0 Å². The molecule has 1 aromatic carbocycles. The van der Waals surface area contributed by atoms with E-state index in [4.69, 9.17) is 4.74 Å². The Hall–Kier alpha value is -3.81. The molecule has 8 heteroatoms. The molecule has 0 fully saturated rings. The smallest absolute Gasteiger partial charge is 0.269 e. The fourth-order valence-electron chi connectivity index (χ4n) is 3.84. The van der Waals surface area contributed by atoms with Crippen LogP contribution in [0.15, 0.2) is 48.8 Å². The van der Waals surface area contributed by atoms with Crippen LogP contribution in [0, 0.1) is 5.82 Å². The predicted molar refractivity (Wildman–Crippen MR) is 122 cm³/mol. The van der Waals surface area contributed by atoms with Gasteiger partial charge in [-0.25, -0.2) is 9.37 Å². The fraction of sp³-hybridized carbons (Fsp3) is 0.280. The maximum absolute atomic E-state index is 14.3. The molecular weight excluding hydrogens is 423 g/mol. The summed E-state index contributed by atoms with van der Waals surface area (Å²) in [5.74, 6) is -0.349. The average molecular weight is 448 g/mol. The Labute approximate surface area is 191 Å². The van der Waals surface area contributed by atoms with Gasteiger partial charge in [0, 0.05) is 38.0 Å². The number of hydrogen-bond donors (Lipinski definition) is 1. The normalized spacial score (nSPS) is 13.1. The van der Waals surface area contributed by atoms with Gasteiger partial charge in [0.05, 0.1) is 6.10 Å². The summed E-state index contributed by atoms with van der Waals surface area (Å²) in [5.41, 5.74) is 3.38. The van der Waals surface area contributed by atoms with Gasteiger partial charge in [-0.15, -0.1) is 0 Å². The summed E-state index contributed by atoms with van der Waals surface area (Å²) in [4.78, 5) is 34.7. The molecule has 33 heavy (non-hydrogen) atoms. The highest BCUT2D eigenvalue weighted by Crippen LogP contribution is 2.32. The maximum Gasteiger partial charge on any atom is 0.269 e. The fourth-order valence-corrected chi connectivity index (χ4v) is 3.84. The molecule has 3 heterocycles. The third-order valence-corrected chi connectivity index (χ3v) is 5.40. The minimum Gasteiger partial charge on any atom is -0.491 e. The van der Waals surface area contributed by atoms with Crippen LogP contribution >= 0.6 is 0 Å². The van der Waals surface area contributed by atoms with Crippen LogP contribution in [-0.4, -0.2) is 41.5 Å². The molecule has 0 radical (unpaired) electrons. The average Bonchev–Trinajstić information content (AvgIpc) is 2.80. The van der Waals surface area contributed by atoms with Gasteiger partial charge in [0.15, 0.2) is 11.6 Å². The summed E-state index contributed by atoms with van der Waals surface area (Å²) in [6.45, 7) is 4.23. The molecule has 2 aromatic heterocycles. The van der Waals surface area contributed by atoms with Gasteiger partial charge < -0.3 is 10.1 Å². The molecule has 0 atom stereocenters.